The standard InChI is InChI=1S/C8H7N3O3S2/c9-8(12)6-4-5(7-2-1-3-15-7)10-16(13,14)11-6/h1-4,10H,(H2,9,12). The molecule has 1 aromatic rings. The zero-order valence-electron chi connectivity index (χ0n) is 7.88. The fourth-order valence-electron chi connectivity index (χ4n) is 1.15. The normalized spacial score (nSPS) is 18.2. The number of primary amides is 1. The van der Waals surface area contributed by atoms with Crippen molar-refractivity contribution in [2.75, 3.05) is 0 Å². The van der Waals surface area contributed by atoms with Crippen LogP contribution in [0.1, 0.15) is 4.88 Å². The highest BCUT2D eigenvalue weighted by atomic mass is 32.2. The lowest BCUT2D eigenvalue weighted by molar-refractivity contribution is -0.111. The van der Waals surface area contributed by atoms with Gasteiger partial charge in [-0.1, -0.05) is 6.07 Å². The van der Waals surface area contributed by atoms with Gasteiger partial charge in [0, 0.05) is 0 Å². The monoisotopic (exact) mass is 257 g/mol. The molecule has 1 aliphatic rings. The van der Waals surface area contributed by atoms with E-state index in [2.05, 4.69) is 9.12 Å². The molecule has 1 amide bonds. The second kappa shape index (κ2) is 3.72. The molecule has 0 radical (unpaired) electrons. The second-order valence-corrected chi connectivity index (χ2v) is 5.24. The van der Waals surface area contributed by atoms with Gasteiger partial charge in [-0.3, -0.25) is 9.52 Å². The van der Waals surface area contributed by atoms with Gasteiger partial charge in [-0.25, -0.2) is 0 Å². The van der Waals surface area contributed by atoms with E-state index >= 15 is 0 Å². The lowest BCUT2D eigenvalue weighted by atomic mass is 10.2. The van der Waals surface area contributed by atoms with Gasteiger partial charge in [0.25, 0.3) is 5.91 Å². The van der Waals surface area contributed by atoms with Crippen molar-refractivity contribution in [2.24, 2.45) is 10.1 Å². The summed E-state index contributed by atoms with van der Waals surface area (Å²) in [4.78, 5) is 11.6. The predicted octanol–water partition coefficient (Wildman–Crippen LogP) is -0.137. The molecule has 8 heteroatoms. The van der Waals surface area contributed by atoms with E-state index in [4.69, 9.17) is 5.73 Å². The molecular formula is C8H7N3O3S2. The van der Waals surface area contributed by atoms with E-state index < -0.39 is 16.1 Å². The van der Waals surface area contributed by atoms with E-state index in [1.54, 1.807) is 17.5 Å². The zero-order valence-corrected chi connectivity index (χ0v) is 9.51. The predicted molar refractivity (Wildman–Crippen MR) is 61.0 cm³/mol. The average molecular weight is 257 g/mol. The second-order valence-electron chi connectivity index (χ2n) is 2.95. The van der Waals surface area contributed by atoms with Gasteiger partial charge in [-0.15, -0.1) is 15.7 Å². The van der Waals surface area contributed by atoms with Crippen molar-refractivity contribution in [3.63, 3.8) is 0 Å². The van der Waals surface area contributed by atoms with E-state index in [1.165, 1.54) is 17.4 Å². The number of hydrogen-bond donors (Lipinski definition) is 2. The molecule has 0 unspecified atom stereocenters. The third-order valence-corrected chi connectivity index (χ3v) is 3.60. The van der Waals surface area contributed by atoms with E-state index in [-0.39, 0.29) is 5.71 Å². The maximum absolute atomic E-state index is 11.3. The van der Waals surface area contributed by atoms with Crippen LogP contribution in [0.25, 0.3) is 5.70 Å². The molecule has 6 nitrogen and oxygen atoms in total. The molecule has 0 fully saturated rings. The molecule has 0 aromatic carbocycles. The maximum atomic E-state index is 11.3. The number of hydrogen-bond acceptors (Lipinski definition) is 4. The van der Waals surface area contributed by atoms with Crippen molar-refractivity contribution in [3.05, 3.63) is 28.5 Å². The Morgan fingerprint density at radius 3 is 2.81 bits per heavy atom. The Hall–Kier alpha value is -1.67. The van der Waals surface area contributed by atoms with Crippen LogP contribution in [0.15, 0.2) is 28.0 Å². The fourth-order valence-corrected chi connectivity index (χ4v) is 2.81. The highest BCUT2D eigenvalue weighted by Crippen LogP contribution is 2.21. The van der Waals surface area contributed by atoms with E-state index in [9.17, 15) is 13.2 Å². The van der Waals surface area contributed by atoms with Crippen LogP contribution in [0, 0.1) is 0 Å². The summed E-state index contributed by atoms with van der Waals surface area (Å²) in [6.07, 6.45) is 1.31. The Morgan fingerprint density at radius 2 is 2.25 bits per heavy atom. The number of nitrogens with one attached hydrogen (secondary N) is 1. The molecule has 16 heavy (non-hydrogen) atoms. The Labute approximate surface area is 95.7 Å². The molecular weight excluding hydrogens is 250 g/mol. The highest BCUT2D eigenvalue weighted by molar-refractivity contribution is 7.88. The quantitative estimate of drug-likeness (QED) is 0.771. The number of amides is 1. The minimum atomic E-state index is -3.88. The van der Waals surface area contributed by atoms with Crippen LogP contribution in [0.5, 0.6) is 0 Å². The van der Waals surface area contributed by atoms with Crippen molar-refractivity contribution >= 4 is 38.9 Å². The third kappa shape index (κ3) is 2.12. The van der Waals surface area contributed by atoms with Crippen LogP contribution in [0.2, 0.25) is 0 Å². The van der Waals surface area contributed by atoms with Crippen LogP contribution >= 0.6 is 11.3 Å². The zero-order chi connectivity index (χ0) is 11.8. The SMILES string of the molecule is NC(=O)C1=NS(=O)(=O)NC(c2cccs2)=C1. The van der Waals surface area contributed by atoms with Crippen molar-refractivity contribution in [1.29, 1.82) is 0 Å². The summed E-state index contributed by atoms with van der Waals surface area (Å²) in [5.74, 6) is -0.876. The molecule has 0 atom stereocenters. The van der Waals surface area contributed by atoms with Gasteiger partial charge in [0.2, 0.25) is 0 Å². The molecule has 0 saturated carbocycles. The summed E-state index contributed by atoms with van der Waals surface area (Å²) >= 11 is 1.34. The van der Waals surface area contributed by atoms with Crippen molar-refractivity contribution in [1.82, 2.24) is 4.72 Å². The Bertz CT molecular complexity index is 584. The summed E-state index contributed by atoms with van der Waals surface area (Å²) < 4.78 is 28.1. The molecule has 3 N–H and O–H groups in total. The first kappa shape index (κ1) is 10.8. The topological polar surface area (TPSA) is 102 Å². The number of thiophene rings is 1. The smallest absolute Gasteiger partial charge is 0.343 e. The molecule has 1 aromatic heterocycles. The van der Waals surface area contributed by atoms with Crippen LogP contribution in [-0.4, -0.2) is 20.0 Å². The first-order chi connectivity index (χ1) is 7.48. The summed E-state index contributed by atoms with van der Waals surface area (Å²) in [7, 11) is -3.88. The summed E-state index contributed by atoms with van der Waals surface area (Å²) in [5, 5.41) is 1.79. The van der Waals surface area contributed by atoms with E-state index in [1.807, 2.05) is 0 Å². The van der Waals surface area contributed by atoms with Gasteiger partial charge in [0.15, 0.2) is 0 Å². The van der Waals surface area contributed by atoms with Gasteiger partial charge in [-0.05, 0) is 17.5 Å². The van der Waals surface area contributed by atoms with Crippen LogP contribution < -0.4 is 10.5 Å². The minimum Gasteiger partial charge on any atom is -0.364 e. The fraction of sp³-hybridized carbons (Fsp3) is 0. The van der Waals surface area contributed by atoms with E-state index in [0.29, 0.717) is 10.6 Å². The van der Waals surface area contributed by atoms with Crippen LogP contribution in [-0.2, 0) is 15.0 Å². The van der Waals surface area contributed by atoms with Crippen LogP contribution in [0.4, 0.5) is 0 Å². The number of carbonyl (C=O) groups is 1. The van der Waals surface area contributed by atoms with Crippen molar-refractivity contribution in [3.8, 4) is 0 Å². The molecule has 2 heterocycles. The van der Waals surface area contributed by atoms with Crippen molar-refractivity contribution < 1.29 is 13.2 Å². The molecule has 84 valence electrons. The number of nitrogens with two attached hydrogens (primary N) is 1. The number of rotatable bonds is 2. The molecule has 0 bridgehead atoms. The first-order valence-corrected chi connectivity index (χ1v) is 6.48. The molecule has 1 aliphatic heterocycles. The minimum absolute atomic E-state index is 0.276. The lowest BCUT2D eigenvalue weighted by Gasteiger charge is -2.12. The van der Waals surface area contributed by atoms with Gasteiger partial charge in [0.1, 0.15) is 5.71 Å². The number of carbonyl (C=O) groups excluding carboxylic acids is 1. The summed E-state index contributed by atoms with van der Waals surface area (Å²) in [6, 6.07) is 3.49. The average Bonchev–Trinajstić information content (AvgIpc) is 2.67. The maximum Gasteiger partial charge on any atom is 0.343 e. The van der Waals surface area contributed by atoms with Gasteiger partial charge >= 0.3 is 10.2 Å². The molecule has 0 saturated heterocycles. The third-order valence-electron chi connectivity index (χ3n) is 1.78. The summed E-state index contributed by atoms with van der Waals surface area (Å²) in [5.41, 5.74) is 5.03. The molecule has 0 spiro atoms. The molecule has 0 aliphatic carbocycles. The first-order valence-electron chi connectivity index (χ1n) is 4.16. The Balaban J connectivity index is 2.50. The van der Waals surface area contributed by atoms with Gasteiger partial charge < -0.3 is 5.73 Å². The number of nitrogens with zero attached hydrogens (tertiary/aromatic N) is 1. The van der Waals surface area contributed by atoms with E-state index in [0.717, 1.165) is 0 Å². The van der Waals surface area contributed by atoms with Gasteiger partial charge in [0.05, 0.1) is 10.6 Å². The highest BCUT2D eigenvalue weighted by Gasteiger charge is 2.21. The Morgan fingerprint density at radius 1 is 1.50 bits per heavy atom. The summed E-state index contributed by atoms with van der Waals surface area (Å²) in [6.45, 7) is 0. The lowest BCUT2D eigenvalue weighted by Crippen LogP contribution is -2.31. The van der Waals surface area contributed by atoms with Gasteiger partial charge in [-0.2, -0.15) is 8.42 Å². The molecule has 2 rings (SSSR count). The largest absolute Gasteiger partial charge is 0.364 e. The van der Waals surface area contributed by atoms with Crippen molar-refractivity contribution in [2.45, 2.75) is 0 Å². The Kier molecular flexibility index (Phi) is 2.52. The van der Waals surface area contributed by atoms with Crippen LogP contribution in [0.3, 0.4) is 0 Å².